The van der Waals surface area contributed by atoms with Crippen LogP contribution in [0.4, 0.5) is 4.39 Å². The zero-order valence-corrected chi connectivity index (χ0v) is 16.4. The summed E-state index contributed by atoms with van der Waals surface area (Å²) in [6, 6.07) is 18.6. The molecule has 0 aliphatic heterocycles. The first kappa shape index (κ1) is 18.4. The highest BCUT2D eigenvalue weighted by molar-refractivity contribution is 7.99. The van der Waals surface area contributed by atoms with Crippen LogP contribution in [0.15, 0.2) is 78.2 Å². The first-order valence-corrected chi connectivity index (χ1v) is 9.85. The van der Waals surface area contributed by atoms with Crippen LogP contribution in [0.3, 0.4) is 0 Å². The number of hydrogen-bond acceptors (Lipinski definition) is 4. The molecule has 1 atom stereocenters. The molecular formula is C22H19FN4S. The van der Waals surface area contributed by atoms with E-state index >= 15 is 0 Å². The highest BCUT2D eigenvalue weighted by Crippen LogP contribution is 2.37. The summed E-state index contributed by atoms with van der Waals surface area (Å²) in [5.41, 5.74) is 4.16. The molecule has 0 radical (unpaired) electrons. The van der Waals surface area contributed by atoms with Gasteiger partial charge in [0.05, 0.1) is 5.69 Å². The summed E-state index contributed by atoms with van der Waals surface area (Å²) in [5, 5.41) is 9.83. The van der Waals surface area contributed by atoms with Crippen LogP contribution in [0, 0.1) is 12.7 Å². The van der Waals surface area contributed by atoms with Crippen molar-refractivity contribution < 1.29 is 4.39 Å². The topological polar surface area (TPSA) is 43.6 Å². The lowest BCUT2D eigenvalue weighted by molar-refractivity contribution is 0.627. The highest BCUT2D eigenvalue weighted by atomic mass is 32.2. The third-order valence-electron chi connectivity index (χ3n) is 4.55. The van der Waals surface area contributed by atoms with Gasteiger partial charge in [0.2, 0.25) is 0 Å². The minimum absolute atomic E-state index is 0.0952. The van der Waals surface area contributed by atoms with Crippen molar-refractivity contribution in [1.82, 2.24) is 19.7 Å². The molecular weight excluding hydrogens is 371 g/mol. The molecule has 0 aliphatic carbocycles. The zero-order valence-electron chi connectivity index (χ0n) is 15.6. The SMILES string of the molecule is Cc1ccccc1-n1c(S[C@@H](C)c2ccc(F)cc2)nnc1-c1ccncc1. The van der Waals surface area contributed by atoms with Crippen molar-refractivity contribution in [1.29, 1.82) is 0 Å². The lowest BCUT2D eigenvalue weighted by Crippen LogP contribution is -2.02. The molecule has 0 unspecified atom stereocenters. The monoisotopic (exact) mass is 390 g/mol. The standard InChI is InChI=1S/C22H19FN4S/c1-15-5-3-4-6-20(15)27-21(18-11-13-24-14-12-18)25-26-22(27)28-16(2)17-7-9-19(23)10-8-17/h3-14,16H,1-2H3/t16-/m0/s1. The van der Waals surface area contributed by atoms with Crippen LogP contribution in [0.5, 0.6) is 0 Å². The first-order valence-electron chi connectivity index (χ1n) is 8.97. The second-order valence-electron chi connectivity index (χ2n) is 6.48. The quantitative estimate of drug-likeness (QED) is 0.414. The van der Waals surface area contributed by atoms with Crippen molar-refractivity contribution >= 4 is 11.8 Å². The van der Waals surface area contributed by atoms with E-state index in [2.05, 4.69) is 45.7 Å². The maximum atomic E-state index is 13.3. The number of halogens is 1. The Morgan fingerprint density at radius 1 is 0.929 bits per heavy atom. The normalized spacial score (nSPS) is 12.1. The van der Waals surface area contributed by atoms with E-state index in [1.54, 1.807) is 24.2 Å². The Kier molecular flexibility index (Phi) is 5.21. The van der Waals surface area contributed by atoms with Crippen LogP contribution >= 0.6 is 11.8 Å². The molecule has 2 aromatic carbocycles. The molecule has 0 amide bonds. The second kappa shape index (κ2) is 7.94. The number of nitrogens with zero attached hydrogens (tertiary/aromatic N) is 4. The third kappa shape index (κ3) is 3.68. The number of thioether (sulfide) groups is 1. The van der Waals surface area contributed by atoms with Gasteiger partial charge in [0.15, 0.2) is 11.0 Å². The Balaban J connectivity index is 1.78. The molecule has 2 heterocycles. The lowest BCUT2D eigenvalue weighted by atomic mass is 10.2. The number of aryl methyl sites for hydroxylation is 1. The summed E-state index contributed by atoms with van der Waals surface area (Å²) in [6.45, 7) is 4.16. The molecule has 0 saturated heterocycles. The van der Waals surface area contributed by atoms with E-state index in [9.17, 15) is 4.39 Å². The second-order valence-corrected chi connectivity index (χ2v) is 7.78. The summed E-state index contributed by atoms with van der Waals surface area (Å²) in [6.07, 6.45) is 3.50. The number of benzene rings is 2. The molecule has 0 saturated carbocycles. The largest absolute Gasteiger partial charge is 0.270 e. The highest BCUT2D eigenvalue weighted by Gasteiger charge is 2.20. The van der Waals surface area contributed by atoms with E-state index in [0.717, 1.165) is 33.4 Å². The lowest BCUT2D eigenvalue weighted by Gasteiger charge is -2.15. The van der Waals surface area contributed by atoms with Gasteiger partial charge in [0.25, 0.3) is 0 Å². The molecule has 0 spiro atoms. The van der Waals surface area contributed by atoms with Gasteiger partial charge in [-0.2, -0.15) is 0 Å². The minimum atomic E-state index is -0.232. The van der Waals surface area contributed by atoms with E-state index in [1.165, 1.54) is 12.1 Å². The van der Waals surface area contributed by atoms with Crippen LogP contribution < -0.4 is 0 Å². The van der Waals surface area contributed by atoms with Gasteiger partial charge in [-0.3, -0.25) is 9.55 Å². The molecule has 6 heteroatoms. The molecule has 28 heavy (non-hydrogen) atoms. The van der Waals surface area contributed by atoms with Crippen molar-refractivity contribution in [2.75, 3.05) is 0 Å². The molecule has 2 aromatic heterocycles. The van der Waals surface area contributed by atoms with Crippen molar-refractivity contribution in [3.8, 4) is 17.1 Å². The van der Waals surface area contributed by atoms with E-state index in [1.807, 2.05) is 36.4 Å². The van der Waals surface area contributed by atoms with Crippen LogP contribution in [-0.2, 0) is 0 Å². The molecule has 4 nitrogen and oxygen atoms in total. The first-order chi connectivity index (χ1) is 13.6. The molecule has 140 valence electrons. The number of aromatic nitrogens is 4. The fourth-order valence-electron chi connectivity index (χ4n) is 3.03. The summed E-state index contributed by atoms with van der Waals surface area (Å²) in [5.74, 6) is 0.537. The summed E-state index contributed by atoms with van der Waals surface area (Å²) in [7, 11) is 0. The maximum absolute atomic E-state index is 13.3. The number of pyridine rings is 1. The molecule has 0 aliphatic rings. The van der Waals surface area contributed by atoms with E-state index < -0.39 is 0 Å². The molecule has 0 N–H and O–H groups in total. The van der Waals surface area contributed by atoms with Gasteiger partial charge in [-0.05, 0) is 55.3 Å². The Hall–Kier alpha value is -2.99. The Morgan fingerprint density at radius 2 is 1.64 bits per heavy atom. The van der Waals surface area contributed by atoms with E-state index in [4.69, 9.17) is 0 Å². The molecule has 0 bridgehead atoms. The smallest absolute Gasteiger partial charge is 0.196 e. The van der Waals surface area contributed by atoms with Gasteiger partial charge in [0, 0.05) is 23.2 Å². The molecule has 0 fully saturated rings. The number of para-hydroxylation sites is 1. The maximum Gasteiger partial charge on any atom is 0.196 e. The average Bonchev–Trinajstić information content (AvgIpc) is 3.13. The van der Waals surface area contributed by atoms with Crippen molar-refractivity contribution in [2.45, 2.75) is 24.3 Å². The van der Waals surface area contributed by atoms with Gasteiger partial charge >= 0.3 is 0 Å². The average molecular weight is 390 g/mol. The van der Waals surface area contributed by atoms with Crippen LogP contribution in [0.1, 0.15) is 23.3 Å². The molecule has 4 aromatic rings. The predicted octanol–water partition coefficient (Wildman–Crippen LogP) is 5.63. The zero-order chi connectivity index (χ0) is 19.5. The fourth-order valence-corrected chi connectivity index (χ4v) is 4.01. The van der Waals surface area contributed by atoms with Gasteiger partial charge in [-0.1, -0.05) is 42.1 Å². The Bertz CT molecular complexity index is 1080. The van der Waals surface area contributed by atoms with Crippen molar-refractivity contribution in [3.63, 3.8) is 0 Å². The van der Waals surface area contributed by atoms with Gasteiger partial charge in [-0.15, -0.1) is 10.2 Å². The Labute approximate surface area is 167 Å². The fraction of sp³-hybridized carbons (Fsp3) is 0.136. The summed E-state index contributed by atoms with van der Waals surface area (Å²) in [4.78, 5) is 4.10. The van der Waals surface area contributed by atoms with Crippen LogP contribution in [0.25, 0.3) is 17.1 Å². The summed E-state index contributed by atoms with van der Waals surface area (Å²) >= 11 is 1.60. The van der Waals surface area contributed by atoms with Crippen LogP contribution in [0.2, 0.25) is 0 Å². The van der Waals surface area contributed by atoms with Crippen molar-refractivity contribution in [2.24, 2.45) is 0 Å². The number of hydrogen-bond donors (Lipinski definition) is 0. The van der Waals surface area contributed by atoms with Gasteiger partial charge in [-0.25, -0.2) is 4.39 Å². The Morgan fingerprint density at radius 3 is 2.36 bits per heavy atom. The minimum Gasteiger partial charge on any atom is -0.270 e. The van der Waals surface area contributed by atoms with E-state index in [0.29, 0.717) is 0 Å². The van der Waals surface area contributed by atoms with Crippen molar-refractivity contribution in [3.05, 3.63) is 90.0 Å². The third-order valence-corrected chi connectivity index (χ3v) is 5.65. The summed E-state index contributed by atoms with van der Waals surface area (Å²) < 4.78 is 15.3. The van der Waals surface area contributed by atoms with Crippen LogP contribution in [-0.4, -0.2) is 19.7 Å². The van der Waals surface area contributed by atoms with Gasteiger partial charge < -0.3 is 0 Å². The van der Waals surface area contributed by atoms with Gasteiger partial charge in [0.1, 0.15) is 5.82 Å². The molecule has 4 rings (SSSR count). The number of rotatable bonds is 5. The van der Waals surface area contributed by atoms with E-state index in [-0.39, 0.29) is 11.1 Å². The predicted molar refractivity (Wildman–Crippen MR) is 110 cm³/mol.